The average molecular weight is 233 g/mol. The minimum Gasteiger partial charge on any atom is -0.212 e. The number of hydrogen-bond acceptors (Lipinski definition) is 2. The molecular weight excluding hydrogens is 210 g/mol. The highest BCUT2D eigenvalue weighted by Crippen LogP contribution is 2.23. The van der Waals surface area contributed by atoms with Crippen LogP contribution in [-0.4, -0.2) is 31.6 Å². The number of piperidine rings is 1. The van der Waals surface area contributed by atoms with Gasteiger partial charge in [0.2, 0.25) is 10.0 Å². The fourth-order valence-corrected chi connectivity index (χ4v) is 3.81. The number of hydrogen-bond donors (Lipinski definition) is 0. The monoisotopic (exact) mass is 233 g/mol. The van der Waals surface area contributed by atoms with Crippen molar-refractivity contribution >= 4 is 10.0 Å². The van der Waals surface area contributed by atoms with Crippen LogP contribution in [0.15, 0.2) is 0 Å². The smallest absolute Gasteiger partial charge is 0.212 e. The van der Waals surface area contributed by atoms with E-state index in [4.69, 9.17) is 0 Å². The Morgan fingerprint density at radius 2 is 1.73 bits per heavy atom. The van der Waals surface area contributed by atoms with Gasteiger partial charge in [-0.15, -0.1) is 0 Å². The van der Waals surface area contributed by atoms with Gasteiger partial charge in [-0.25, -0.2) is 12.7 Å². The molecule has 0 aliphatic carbocycles. The molecule has 0 saturated carbocycles. The molecule has 1 rings (SSSR count). The highest BCUT2D eigenvalue weighted by molar-refractivity contribution is 7.89. The lowest BCUT2D eigenvalue weighted by Crippen LogP contribution is -2.39. The predicted octanol–water partition coefficient (Wildman–Crippen LogP) is 2.24. The average Bonchev–Trinajstić information content (AvgIpc) is 2.19. The molecule has 1 heterocycles. The van der Waals surface area contributed by atoms with Crippen molar-refractivity contribution < 1.29 is 8.42 Å². The number of rotatable bonds is 5. The highest BCUT2D eigenvalue weighted by Gasteiger charge is 2.26. The van der Waals surface area contributed by atoms with Gasteiger partial charge in [0.15, 0.2) is 0 Å². The summed E-state index contributed by atoms with van der Waals surface area (Å²) in [5, 5.41) is 0. The highest BCUT2D eigenvalue weighted by atomic mass is 32.2. The summed E-state index contributed by atoms with van der Waals surface area (Å²) < 4.78 is 25.2. The van der Waals surface area contributed by atoms with E-state index in [-0.39, 0.29) is 0 Å². The van der Waals surface area contributed by atoms with Gasteiger partial charge in [-0.1, -0.05) is 26.7 Å². The first-order valence-corrected chi connectivity index (χ1v) is 7.69. The van der Waals surface area contributed by atoms with E-state index < -0.39 is 10.0 Å². The first kappa shape index (κ1) is 13.0. The van der Waals surface area contributed by atoms with E-state index in [1.165, 1.54) is 12.8 Å². The van der Waals surface area contributed by atoms with E-state index in [1.807, 2.05) is 6.92 Å². The number of nitrogens with zero attached hydrogens (tertiary/aromatic N) is 1. The lowest BCUT2D eigenvalue weighted by molar-refractivity contribution is 0.262. The van der Waals surface area contributed by atoms with Crippen molar-refractivity contribution in [1.29, 1.82) is 0 Å². The Morgan fingerprint density at radius 1 is 1.13 bits per heavy atom. The molecule has 0 amide bonds. The standard InChI is InChI=1S/C11H23NO2S/c1-3-5-11-6-8-12(9-7-11)15(13,14)10-4-2/h11H,3-10H2,1-2H3. The fraction of sp³-hybridized carbons (Fsp3) is 1.00. The molecule has 3 nitrogen and oxygen atoms in total. The first-order valence-electron chi connectivity index (χ1n) is 6.08. The van der Waals surface area contributed by atoms with Crippen molar-refractivity contribution in [2.24, 2.45) is 5.92 Å². The van der Waals surface area contributed by atoms with Crippen LogP contribution in [0.5, 0.6) is 0 Å². The fourth-order valence-electron chi connectivity index (χ4n) is 2.27. The normalized spacial score (nSPS) is 20.7. The third-order valence-corrected chi connectivity index (χ3v) is 5.20. The Morgan fingerprint density at radius 3 is 2.20 bits per heavy atom. The molecule has 0 aromatic heterocycles. The minimum absolute atomic E-state index is 0.311. The molecule has 1 aliphatic heterocycles. The van der Waals surface area contributed by atoms with Crippen molar-refractivity contribution in [1.82, 2.24) is 4.31 Å². The molecule has 90 valence electrons. The van der Waals surface area contributed by atoms with Gasteiger partial charge in [-0.2, -0.15) is 0 Å². The summed E-state index contributed by atoms with van der Waals surface area (Å²) >= 11 is 0. The van der Waals surface area contributed by atoms with Crippen LogP contribution in [0.25, 0.3) is 0 Å². The van der Waals surface area contributed by atoms with Crippen molar-refractivity contribution in [3.05, 3.63) is 0 Å². The van der Waals surface area contributed by atoms with E-state index in [2.05, 4.69) is 6.92 Å². The van der Waals surface area contributed by atoms with Gasteiger partial charge in [0.05, 0.1) is 5.75 Å². The lowest BCUT2D eigenvalue weighted by Gasteiger charge is -2.31. The Bertz CT molecular complexity index is 266. The van der Waals surface area contributed by atoms with Gasteiger partial charge >= 0.3 is 0 Å². The molecule has 1 aliphatic rings. The second-order valence-electron chi connectivity index (χ2n) is 4.45. The Kier molecular flexibility index (Phi) is 5.06. The van der Waals surface area contributed by atoms with Crippen molar-refractivity contribution in [3.8, 4) is 0 Å². The van der Waals surface area contributed by atoms with Crippen LogP contribution < -0.4 is 0 Å². The predicted molar refractivity (Wildman–Crippen MR) is 63.3 cm³/mol. The van der Waals surface area contributed by atoms with E-state index in [0.717, 1.165) is 38.3 Å². The van der Waals surface area contributed by atoms with Crippen LogP contribution >= 0.6 is 0 Å². The van der Waals surface area contributed by atoms with E-state index in [1.54, 1.807) is 4.31 Å². The second-order valence-corrected chi connectivity index (χ2v) is 6.54. The van der Waals surface area contributed by atoms with E-state index >= 15 is 0 Å². The van der Waals surface area contributed by atoms with Gasteiger partial charge in [-0.3, -0.25) is 0 Å². The van der Waals surface area contributed by atoms with Crippen LogP contribution in [0.3, 0.4) is 0 Å². The van der Waals surface area contributed by atoms with Crippen LogP contribution in [-0.2, 0) is 10.0 Å². The van der Waals surface area contributed by atoms with Gasteiger partial charge in [0.25, 0.3) is 0 Å². The molecule has 0 N–H and O–H groups in total. The molecule has 0 aromatic rings. The van der Waals surface area contributed by atoms with Gasteiger partial charge in [0.1, 0.15) is 0 Å². The third-order valence-electron chi connectivity index (χ3n) is 3.13. The molecule has 0 atom stereocenters. The summed E-state index contributed by atoms with van der Waals surface area (Å²) in [4.78, 5) is 0. The van der Waals surface area contributed by atoms with Gasteiger partial charge in [0, 0.05) is 13.1 Å². The SMILES string of the molecule is CCCC1CCN(S(=O)(=O)CCC)CC1. The maximum atomic E-state index is 11.8. The largest absolute Gasteiger partial charge is 0.214 e. The van der Waals surface area contributed by atoms with Crippen molar-refractivity contribution in [2.45, 2.75) is 46.0 Å². The molecular formula is C11H23NO2S. The summed E-state index contributed by atoms with van der Waals surface area (Å²) in [5.74, 6) is 1.06. The summed E-state index contributed by atoms with van der Waals surface area (Å²) in [7, 11) is -2.94. The summed E-state index contributed by atoms with van der Waals surface area (Å²) in [6.07, 6.45) is 5.29. The van der Waals surface area contributed by atoms with Crippen LogP contribution in [0.4, 0.5) is 0 Å². The maximum absolute atomic E-state index is 11.8. The third kappa shape index (κ3) is 3.76. The molecule has 15 heavy (non-hydrogen) atoms. The van der Waals surface area contributed by atoms with Crippen molar-refractivity contribution in [3.63, 3.8) is 0 Å². The summed E-state index contributed by atoms with van der Waals surface area (Å²) in [5.41, 5.74) is 0. The molecule has 0 bridgehead atoms. The number of sulfonamides is 1. The molecule has 0 aromatic carbocycles. The minimum atomic E-state index is -2.94. The Labute approximate surface area is 93.9 Å². The van der Waals surface area contributed by atoms with Gasteiger partial charge < -0.3 is 0 Å². The lowest BCUT2D eigenvalue weighted by atomic mass is 9.94. The topological polar surface area (TPSA) is 37.4 Å². The molecule has 1 fully saturated rings. The maximum Gasteiger partial charge on any atom is 0.214 e. The van der Waals surface area contributed by atoms with E-state index in [0.29, 0.717) is 5.75 Å². The zero-order valence-corrected chi connectivity index (χ0v) is 10.7. The molecule has 0 spiro atoms. The second kappa shape index (κ2) is 5.85. The van der Waals surface area contributed by atoms with Crippen LogP contribution in [0, 0.1) is 5.92 Å². The molecule has 1 saturated heterocycles. The molecule has 0 radical (unpaired) electrons. The first-order chi connectivity index (χ1) is 7.10. The summed E-state index contributed by atoms with van der Waals surface area (Å²) in [6, 6.07) is 0. The van der Waals surface area contributed by atoms with Crippen LogP contribution in [0.2, 0.25) is 0 Å². The molecule has 0 unspecified atom stereocenters. The zero-order chi connectivity index (χ0) is 11.3. The van der Waals surface area contributed by atoms with Gasteiger partial charge in [-0.05, 0) is 25.2 Å². The summed E-state index contributed by atoms with van der Waals surface area (Å²) in [6.45, 7) is 5.60. The Hall–Kier alpha value is -0.0900. The van der Waals surface area contributed by atoms with E-state index in [9.17, 15) is 8.42 Å². The zero-order valence-electron chi connectivity index (χ0n) is 9.91. The molecule has 4 heteroatoms. The quantitative estimate of drug-likeness (QED) is 0.730. The van der Waals surface area contributed by atoms with Crippen LogP contribution in [0.1, 0.15) is 46.0 Å². The Balaban J connectivity index is 2.43. The van der Waals surface area contributed by atoms with Crippen molar-refractivity contribution in [2.75, 3.05) is 18.8 Å².